The van der Waals surface area contributed by atoms with Crippen LogP contribution in [0, 0.1) is 6.92 Å². The summed E-state index contributed by atoms with van der Waals surface area (Å²) in [6.07, 6.45) is 0. The van der Waals surface area contributed by atoms with E-state index in [4.69, 9.17) is 11.5 Å². The van der Waals surface area contributed by atoms with Crippen molar-refractivity contribution >= 4 is 39.7 Å². The van der Waals surface area contributed by atoms with Gasteiger partial charge in [0.2, 0.25) is 11.7 Å². The summed E-state index contributed by atoms with van der Waals surface area (Å²) in [7, 11) is 0. The minimum atomic E-state index is -0.656. The van der Waals surface area contributed by atoms with Gasteiger partial charge < -0.3 is 16.4 Å². The SMILES string of the molecule is Cc1cccc(N(c2nc(N)c(C(=O)c3ccccc3)s2)C(C)C(N)=O)c1. The third-order valence-electron chi connectivity index (χ3n) is 4.17. The molecule has 3 aromatic rings. The molecule has 4 N–H and O–H groups in total. The summed E-state index contributed by atoms with van der Waals surface area (Å²) in [6.45, 7) is 3.65. The van der Waals surface area contributed by atoms with Crippen molar-refractivity contribution in [3.05, 3.63) is 70.6 Å². The van der Waals surface area contributed by atoms with E-state index in [2.05, 4.69) is 4.98 Å². The lowest BCUT2D eigenvalue weighted by atomic mass is 10.1. The van der Waals surface area contributed by atoms with Gasteiger partial charge in [0.15, 0.2) is 5.13 Å². The van der Waals surface area contributed by atoms with Crippen LogP contribution in [0.1, 0.15) is 27.7 Å². The molecule has 1 unspecified atom stereocenters. The van der Waals surface area contributed by atoms with Crippen LogP contribution in [0.15, 0.2) is 54.6 Å². The molecule has 138 valence electrons. The molecule has 27 heavy (non-hydrogen) atoms. The average molecular weight is 380 g/mol. The molecule has 1 heterocycles. The third-order valence-corrected chi connectivity index (χ3v) is 5.24. The van der Waals surface area contributed by atoms with E-state index in [1.165, 1.54) is 0 Å². The number of anilines is 3. The predicted molar refractivity (Wildman–Crippen MR) is 108 cm³/mol. The van der Waals surface area contributed by atoms with E-state index in [-0.39, 0.29) is 11.6 Å². The highest BCUT2D eigenvalue weighted by Crippen LogP contribution is 2.36. The Morgan fingerprint density at radius 3 is 2.44 bits per heavy atom. The first-order valence-corrected chi connectivity index (χ1v) is 9.21. The van der Waals surface area contributed by atoms with Gasteiger partial charge in [-0.3, -0.25) is 9.59 Å². The molecule has 0 aliphatic heterocycles. The van der Waals surface area contributed by atoms with E-state index < -0.39 is 11.9 Å². The fraction of sp³-hybridized carbons (Fsp3) is 0.150. The number of rotatable bonds is 6. The van der Waals surface area contributed by atoms with Gasteiger partial charge in [-0.25, -0.2) is 4.98 Å². The van der Waals surface area contributed by atoms with Crippen LogP contribution < -0.4 is 16.4 Å². The maximum atomic E-state index is 12.8. The van der Waals surface area contributed by atoms with Gasteiger partial charge >= 0.3 is 0 Å². The summed E-state index contributed by atoms with van der Waals surface area (Å²) in [5.41, 5.74) is 13.9. The second-order valence-electron chi connectivity index (χ2n) is 6.19. The average Bonchev–Trinajstić information content (AvgIpc) is 3.03. The maximum absolute atomic E-state index is 12.8. The highest BCUT2D eigenvalue weighted by molar-refractivity contribution is 7.18. The zero-order valence-corrected chi connectivity index (χ0v) is 15.9. The molecular weight excluding hydrogens is 360 g/mol. The van der Waals surface area contributed by atoms with E-state index in [9.17, 15) is 9.59 Å². The Morgan fingerprint density at radius 2 is 1.81 bits per heavy atom. The smallest absolute Gasteiger partial charge is 0.240 e. The maximum Gasteiger partial charge on any atom is 0.240 e. The fourth-order valence-corrected chi connectivity index (χ4v) is 3.76. The van der Waals surface area contributed by atoms with E-state index in [1.54, 1.807) is 36.1 Å². The van der Waals surface area contributed by atoms with Crippen LogP contribution >= 0.6 is 11.3 Å². The molecule has 0 aliphatic carbocycles. The Morgan fingerprint density at radius 1 is 1.11 bits per heavy atom. The normalized spacial score (nSPS) is 11.8. The van der Waals surface area contributed by atoms with Gasteiger partial charge in [-0.1, -0.05) is 53.8 Å². The van der Waals surface area contributed by atoms with Crippen LogP contribution in [-0.4, -0.2) is 22.7 Å². The van der Waals surface area contributed by atoms with Crippen molar-refractivity contribution in [3.63, 3.8) is 0 Å². The van der Waals surface area contributed by atoms with Gasteiger partial charge in [0, 0.05) is 11.3 Å². The van der Waals surface area contributed by atoms with Crippen molar-refractivity contribution in [1.29, 1.82) is 0 Å². The summed E-state index contributed by atoms with van der Waals surface area (Å²) in [5.74, 6) is -0.563. The second-order valence-corrected chi connectivity index (χ2v) is 7.17. The molecular formula is C20H20N4O2S. The van der Waals surface area contributed by atoms with Crippen molar-refractivity contribution in [2.75, 3.05) is 10.6 Å². The van der Waals surface area contributed by atoms with E-state index in [1.807, 2.05) is 37.3 Å². The Hall–Kier alpha value is -3.19. The van der Waals surface area contributed by atoms with E-state index >= 15 is 0 Å². The predicted octanol–water partition coefficient (Wildman–Crippen LogP) is 3.28. The molecule has 0 radical (unpaired) electrons. The molecule has 3 rings (SSSR count). The zero-order valence-electron chi connectivity index (χ0n) is 15.0. The molecule has 7 heteroatoms. The Labute approximate surface area is 161 Å². The third kappa shape index (κ3) is 3.83. The molecule has 1 atom stereocenters. The largest absolute Gasteiger partial charge is 0.382 e. The summed E-state index contributed by atoms with van der Waals surface area (Å²) in [4.78, 5) is 31.1. The van der Waals surface area contributed by atoms with Gasteiger partial charge in [0.05, 0.1) is 0 Å². The topological polar surface area (TPSA) is 102 Å². The number of benzene rings is 2. The van der Waals surface area contributed by atoms with Gasteiger partial charge in [0.25, 0.3) is 0 Å². The lowest BCUT2D eigenvalue weighted by molar-refractivity contribution is -0.118. The standard InChI is InChI=1S/C20H20N4O2S/c1-12-7-6-10-15(11-12)24(13(2)19(22)26)20-23-18(21)17(27-20)16(25)14-8-4-3-5-9-14/h3-11,13H,21H2,1-2H3,(H2,22,26). The van der Waals surface area contributed by atoms with Crippen LogP contribution in [0.5, 0.6) is 0 Å². The molecule has 2 aromatic carbocycles. The van der Waals surface area contributed by atoms with Crippen LogP contribution in [-0.2, 0) is 4.79 Å². The first-order valence-electron chi connectivity index (χ1n) is 8.39. The summed E-state index contributed by atoms with van der Waals surface area (Å²) < 4.78 is 0. The summed E-state index contributed by atoms with van der Waals surface area (Å²) in [5, 5.41) is 0.448. The first-order chi connectivity index (χ1) is 12.9. The van der Waals surface area contributed by atoms with E-state index in [0.717, 1.165) is 22.6 Å². The second kappa shape index (κ2) is 7.59. The number of aromatic nitrogens is 1. The van der Waals surface area contributed by atoms with Crippen molar-refractivity contribution in [2.45, 2.75) is 19.9 Å². The molecule has 0 aliphatic rings. The Balaban J connectivity index is 2.06. The van der Waals surface area contributed by atoms with Gasteiger partial charge in [0.1, 0.15) is 16.7 Å². The molecule has 1 amide bonds. The molecule has 1 aromatic heterocycles. The molecule has 0 spiro atoms. The summed E-state index contributed by atoms with van der Waals surface area (Å²) >= 11 is 1.15. The number of ketones is 1. The van der Waals surface area contributed by atoms with E-state index in [0.29, 0.717) is 15.6 Å². The number of carbonyl (C=O) groups is 2. The molecule has 0 saturated heterocycles. The van der Waals surface area contributed by atoms with Gasteiger partial charge in [-0.2, -0.15) is 0 Å². The first kappa shape index (κ1) is 18.6. The molecule has 0 fully saturated rings. The lowest BCUT2D eigenvalue weighted by Gasteiger charge is -2.27. The Bertz CT molecular complexity index is 985. The van der Waals surface area contributed by atoms with Crippen molar-refractivity contribution in [1.82, 2.24) is 4.98 Å². The molecule has 0 bridgehead atoms. The highest BCUT2D eigenvalue weighted by atomic mass is 32.1. The number of nitrogen functional groups attached to an aromatic ring is 1. The summed E-state index contributed by atoms with van der Waals surface area (Å²) in [6, 6.07) is 15.9. The number of amides is 1. The number of primary amides is 1. The van der Waals surface area contributed by atoms with Gasteiger partial charge in [-0.05, 0) is 31.5 Å². The highest BCUT2D eigenvalue weighted by Gasteiger charge is 2.27. The van der Waals surface area contributed by atoms with Gasteiger partial charge in [-0.15, -0.1) is 0 Å². The zero-order chi connectivity index (χ0) is 19.6. The number of nitrogens with two attached hydrogens (primary N) is 2. The quantitative estimate of drug-likeness (QED) is 0.639. The number of hydrogen-bond donors (Lipinski definition) is 2. The minimum absolute atomic E-state index is 0.137. The van der Waals surface area contributed by atoms with Crippen LogP contribution in [0.4, 0.5) is 16.6 Å². The van der Waals surface area contributed by atoms with Crippen LogP contribution in [0.25, 0.3) is 0 Å². The lowest BCUT2D eigenvalue weighted by Crippen LogP contribution is -2.39. The monoisotopic (exact) mass is 380 g/mol. The van der Waals surface area contributed by atoms with Crippen molar-refractivity contribution in [3.8, 4) is 0 Å². The number of nitrogens with zero attached hydrogens (tertiary/aromatic N) is 2. The molecule has 6 nitrogen and oxygen atoms in total. The fourth-order valence-electron chi connectivity index (χ4n) is 2.71. The number of hydrogen-bond acceptors (Lipinski definition) is 6. The van der Waals surface area contributed by atoms with Crippen molar-refractivity contribution < 1.29 is 9.59 Å². The number of thiazole rings is 1. The van der Waals surface area contributed by atoms with Crippen LogP contribution in [0.2, 0.25) is 0 Å². The Kier molecular flexibility index (Phi) is 5.23. The molecule has 0 saturated carbocycles. The number of aryl methyl sites for hydroxylation is 1. The minimum Gasteiger partial charge on any atom is -0.382 e. The van der Waals surface area contributed by atoms with Crippen LogP contribution in [0.3, 0.4) is 0 Å². The number of carbonyl (C=O) groups excluding carboxylic acids is 2. The van der Waals surface area contributed by atoms with Crippen molar-refractivity contribution in [2.24, 2.45) is 5.73 Å².